The summed E-state index contributed by atoms with van der Waals surface area (Å²) in [4.78, 5) is 0. The van der Waals surface area contributed by atoms with E-state index in [0.29, 0.717) is 17.0 Å². The molecule has 0 aliphatic carbocycles. The van der Waals surface area contributed by atoms with Crippen LogP contribution in [0, 0.1) is 5.82 Å². The third-order valence-electron chi connectivity index (χ3n) is 6.51. The Morgan fingerprint density at radius 3 is 2.34 bits per heavy atom. The summed E-state index contributed by atoms with van der Waals surface area (Å²) in [5.74, 6) is 0.0577. The van der Waals surface area contributed by atoms with Gasteiger partial charge in [0.25, 0.3) is 10.0 Å². The first-order chi connectivity index (χ1) is 15.2. The van der Waals surface area contributed by atoms with Crippen molar-refractivity contribution in [3.8, 4) is 0 Å². The fourth-order valence-corrected chi connectivity index (χ4v) is 6.69. The van der Waals surface area contributed by atoms with Crippen LogP contribution in [0.1, 0.15) is 73.8 Å². The molecule has 32 heavy (non-hydrogen) atoms. The highest BCUT2D eigenvalue weighted by molar-refractivity contribution is 7.90. The van der Waals surface area contributed by atoms with Gasteiger partial charge in [-0.1, -0.05) is 49.4 Å². The molecule has 1 saturated heterocycles. The van der Waals surface area contributed by atoms with Gasteiger partial charge in [0.15, 0.2) is 0 Å². The van der Waals surface area contributed by atoms with Crippen LogP contribution < -0.4 is 5.32 Å². The number of hydrogen-bond acceptors (Lipinski definition) is 4. The molecule has 172 valence electrons. The number of sulfonamides is 1. The van der Waals surface area contributed by atoms with Gasteiger partial charge in [-0.15, -0.1) is 4.40 Å². The van der Waals surface area contributed by atoms with Gasteiger partial charge in [0.05, 0.1) is 0 Å². The molecule has 0 radical (unpaired) electrons. The number of halogens is 1. The molecule has 1 fully saturated rings. The minimum atomic E-state index is -3.85. The Hall–Kier alpha value is -2.25. The predicted molar refractivity (Wildman–Crippen MR) is 125 cm³/mol. The Morgan fingerprint density at radius 2 is 1.72 bits per heavy atom. The number of benzene rings is 2. The summed E-state index contributed by atoms with van der Waals surface area (Å²) in [5.41, 5.74) is 1.44. The summed E-state index contributed by atoms with van der Waals surface area (Å²) < 4.78 is 50.7. The van der Waals surface area contributed by atoms with Gasteiger partial charge in [0, 0.05) is 6.42 Å². The fraction of sp³-hybridized carbons (Fsp3) is 0.480. The first-order valence-corrected chi connectivity index (χ1v) is 12.7. The highest BCUT2D eigenvalue weighted by Gasteiger charge is 2.47. The molecule has 1 unspecified atom stereocenters. The van der Waals surface area contributed by atoms with Gasteiger partial charge in [0.1, 0.15) is 16.7 Å². The van der Waals surface area contributed by atoms with Gasteiger partial charge < -0.3 is 10.1 Å². The third-order valence-corrected chi connectivity index (χ3v) is 8.40. The van der Waals surface area contributed by atoms with E-state index < -0.39 is 20.9 Å². The summed E-state index contributed by atoms with van der Waals surface area (Å²) in [7, 11) is -3.85. The largest absolute Gasteiger partial charge is 0.472 e. The third kappa shape index (κ3) is 4.74. The van der Waals surface area contributed by atoms with Crippen molar-refractivity contribution in [3.63, 3.8) is 0 Å². The zero-order chi connectivity index (χ0) is 22.9. The van der Waals surface area contributed by atoms with Gasteiger partial charge in [-0.05, 0) is 74.4 Å². The zero-order valence-corrected chi connectivity index (χ0v) is 19.7. The number of piperidine rings is 1. The minimum Gasteiger partial charge on any atom is -0.472 e. The van der Waals surface area contributed by atoms with Crippen molar-refractivity contribution >= 4 is 15.9 Å². The molecule has 0 amide bonds. The van der Waals surface area contributed by atoms with Crippen molar-refractivity contribution in [2.24, 2.45) is 4.40 Å². The van der Waals surface area contributed by atoms with Gasteiger partial charge in [-0.2, -0.15) is 0 Å². The Kier molecular flexibility index (Phi) is 6.41. The van der Waals surface area contributed by atoms with E-state index in [9.17, 15) is 12.8 Å². The van der Waals surface area contributed by atoms with Crippen molar-refractivity contribution in [2.75, 3.05) is 13.1 Å². The number of nitrogens with one attached hydrogen (secondary N) is 1. The van der Waals surface area contributed by atoms with E-state index in [0.717, 1.165) is 25.9 Å². The lowest BCUT2D eigenvalue weighted by Gasteiger charge is -2.38. The van der Waals surface area contributed by atoms with Crippen molar-refractivity contribution in [1.82, 2.24) is 5.32 Å². The minimum absolute atomic E-state index is 0.133. The van der Waals surface area contributed by atoms with Crippen LogP contribution in [0.2, 0.25) is 0 Å². The lowest BCUT2D eigenvalue weighted by Crippen LogP contribution is -2.43. The topological polar surface area (TPSA) is 67.8 Å². The smallest absolute Gasteiger partial charge is 0.267 e. The lowest BCUT2D eigenvalue weighted by molar-refractivity contribution is 0.0803. The van der Waals surface area contributed by atoms with Crippen LogP contribution in [0.4, 0.5) is 4.39 Å². The first-order valence-electron chi connectivity index (χ1n) is 11.2. The average Bonchev–Trinajstić information content (AvgIpc) is 2.73. The highest BCUT2D eigenvalue weighted by atomic mass is 32.2. The number of nitrogens with zero attached hydrogens (tertiary/aromatic N) is 1. The molecular weight excluding hydrogens is 427 g/mol. The number of ether oxygens (including phenoxy) is 1. The second-order valence-electron chi connectivity index (χ2n) is 9.40. The van der Waals surface area contributed by atoms with Gasteiger partial charge in [-0.3, -0.25) is 0 Å². The molecular formula is C25H31FN2O3S. The van der Waals surface area contributed by atoms with Crippen molar-refractivity contribution in [1.29, 1.82) is 0 Å². The van der Waals surface area contributed by atoms with Crippen LogP contribution in [0.15, 0.2) is 52.9 Å². The summed E-state index contributed by atoms with van der Waals surface area (Å²) >= 11 is 0. The maximum atomic E-state index is 14.1. The van der Waals surface area contributed by atoms with E-state index in [1.807, 2.05) is 31.2 Å². The molecule has 2 aromatic rings. The standard InChI is InChI=1S/C25H31FN2O3S/c1-17(21-6-4-5-7-22(21)26)16-23-28-32(29,30)24(25(2,3)31-23)20-10-8-18(9-11-20)19-12-14-27-15-13-19/h4-11,17,19,24,27H,12-16H2,1-3H3/t17-,24?/m1/s1. The molecule has 4 rings (SSSR count). The summed E-state index contributed by atoms with van der Waals surface area (Å²) in [6, 6.07) is 14.4. The summed E-state index contributed by atoms with van der Waals surface area (Å²) in [5, 5.41) is 2.47. The van der Waals surface area contributed by atoms with Gasteiger partial charge in [0.2, 0.25) is 5.90 Å². The second kappa shape index (κ2) is 8.94. The average molecular weight is 459 g/mol. The summed E-state index contributed by atoms with van der Waals surface area (Å²) in [6.45, 7) is 7.41. The molecule has 2 aromatic carbocycles. The van der Waals surface area contributed by atoms with E-state index in [2.05, 4.69) is 9.71 Å². The van der Waals surface area contributed by atoms with E-state index in [-0.39, 0.29) is 24.1 Å². The van der Waals surface area contributed by atoms with Crippen LogP contribution in [-0.2, 0) is 14.8 Å². The molecule has 0 saturated carbocycles. The van der Waals surface area contributed by atoms with Crippen LogP contribution in [-0.4, -0.2) is 33.0 Å². The van der Waals surface area contributed by atoms with Gasteiger partial charge >= 0.3 is 0 Å². The van der Waals surface area contributed by atoms with Crippen molar-refractivity contribution in [2.45, 2.75) is 62.7 Å². The SMILES string of the molecule is C[C@H](CC1=NS(=O)(=O)C(c2ccc(C3CCNCC3)cc2)C(C)(C)O1)c1ccccc1F. The summed E-state index contributed by atoms with van der Waals surface area (Å²) in [6.07, 6.45) is 2.39. The highest BCUT2D eigenvalue weighted by Crippen LogP contribution is 2.42. The second-order valence-corrected chi connectivity index (χ2v) is 11.1. The molecule has 2 aliphatic rings. The van der Waals surface area contributed by atoms with Crippen LogP contribution in [0.25, 0.3) is 0 Å². The van der Waals surface area contributed by atoms with E-state index in [1.165, 1.54) is 11.6 Å². The Balaban J connectivity index is 1.57. The Labute approximate surface area is 190 Å². The van der Waals surface area contributed by atoms with Gasteiger partial charge in [-0.25, -0.2) is 12.8 Å². The fourth-order valence-electron chi connectivity index (χ4n) is 4.93. The zero-order valence-electron chi connectivity index (χ0n) is 18.8. The molecule has 0 bridgehead atoms. The van der Waals surface area contributed by atoms with Crippen LogP contribution >= 0.6 is 0 Å². The Bertz CT molecular complexity index is 1090. The molecule has 1 N–H and O–H groups in total. The molecule has 7 heteroatoms. The Morgan fingerprint density at radius 1 is 1.09 bits per heavy atom. The lowest BCUT2D eigenvalue weighted by atomic mass is 9.88. The molecule has 0 spiro atoms. The predicted octanol–water partition coefficient (Wildman–Crippen LogP) is 5.06. The van der Waals surface area contributed by atoms with Crippen molar-refractivity contribution in [3.05, 3.63) is 71.0 Å². The molecule has 2 atom stereocenters. The number of hydrogen-bond donors (Lipinski definition) is 1. The maximum Gasteiger partial charge on any atom is 0.267 e. The molecule has 0 aromatic heterocycles. The molecule has 5 nitrogen and oxygen atoms in total. The first kappa shape index (κ1) is 22.9. The van der Waals surface area contributed by atoms with Crippen molar-refractivity contribution < 1.29 is 17.5 Å². The quantitative estimate of drug-likeness (QED) is 0.680. The monoisotopic (exact) mass is 458 g/mol. The number of rotatable bonds is 5. The van der Waals surface area contributed by atoms with Crippen LogP contribution in [0.3, 0.4) is 0 Å². The van der Waals surface area contributed by atoms with E-state index in [1.54, 1.807) is 32.0 Å². The van der Waals surface area contributed by atoms with Crippen LogP contribution in [0.5, 0.6) is 0 Å². The van der Waals surface area contributed by atoms with E-state index >= 15 is 0 Å². The molecule has 2 aliphatic heterocycles. The molecule has 2 heterocycles. The normalized spacial score (nSPS) is 23.8. The maximum absolute atomic E-state index is 14.1. The van der Waals surface area contributed by atoms with E-state index in [4.69, 9.17) is 4.74 Å².